The van der Waals surface area contributed by atoms with Gasteiger partial charge in [0, 0.05) is 10.0 Å². The van der Waals surface area contributed by atoms with Crippen LogP contribution < -0.4 is 14.8 Å². The summed E-state index contributed by atoms with van der Waals surface area (Å²) in [4.78, 5) is 16.5. The molecule has 0 atom stereocenters. The lowest BCUT2D eigenvalue weighted by atomic mass is 10.1. The quantitative estimate of drug-likeness (QED) is 0.826. The van der Waals surface area contributed by atoms with Crippen LogP contribution in [0.1, 0.15) is 11.1 Å². The predicted octanol–water partition coefficient (Wildman–Crippen LogP) is 3.10. The molecule has 0 saturated heterocycles. The summed E-state index contributed by atoms with van der Waals surface area (Å²) in [5.74, 6) is 1.69. The van der Waals surface area contributed by atoms with Crippen molar-refractivity contribution in [3.8, 4) is 11.5 Å². The normalized spacial score (nSPS) is 17.3. The van der Waals surface area contributed by atoms with Gasteiger partial charge in [0.05, 0.1) is 0 Å². The van der Waals surface area contributed by atoms with Crippen molar-refractivity contribution in [2.45, 2.75) is 0 Å². The zero-order valence-corrected chi connectivity index (χ0v) is 13.5. The number of amides is 1. The summed E-state index contributed by atoms with van der Waals surface area (Å²) in [7, 11) is 0. The molecule has 2 aromatic rings. The van der Waals surface area contributed by atoms with Gasteiger partial charge in [0.25, 0.3) is 5.91 Å². The third kappa shape index (κ3) is 2.61. The summed E-state index contributed by atoms with van der Waals surface area (Å²) in [6, 6.07) is 13.1. The van der Waals surface area contributed by atoms with Crippen molar-refractivity contribution >= 4 is 33.7 Å². The average molecular weight is 371 g/mol. The molecule has 2 aliphatic heterocycles. The summed E-state index contributed by atoms with van der Waals surface area (Å²) in [6.45, 7) is 0.222. The van der Waals surface area contributed by atoms with Gasteiger partial charge in [-0.3, -0.25) is 4.79 Å². The first-order valence-electron chi connectivity index (χ1n) is 6.97. The lowest BCUT2D eigenvalue weighted by Crippen LogP contribution is -2.25. The lowest BCUT2D eigenvalue weighted by Gasteiger charge is -2.02. The molecule has 0 unspecified atom stereocenters. The molecule has 2 aromatic carbocycles. The zero-order valence-electron chi connectivity index (χ0n) is 11.9. The largest absolute Gasteiger partial charge is 0.454 e. The van der Waals surface area contributed by atoms with Gasteiger partial charge < -0.3 is 14.8 Å². The molecule has 0 spiro atoms. The number of nitrogens with one attached hydrogen (secondary N) is 1. The molecule has 114 valence electrons. The molecule has 23 heavy (non-hydrogen) atoms. The molecule has 2 heterocycles. The molecular weight excluding hydrogens is 360 g/mol. The van der Waals surface area contributed by atoms with E-state index < -0.39 is 0 Å². The van der Waals surface area contributed by atoms with E-state index in [2.05, 4.69) is 26.2 Å². The highest BCUT2D eigenvalue weighted by molar-refractivity contribution is 9.10. The third-order valence-corrected chi connectivity index (χ3v) is 4.22. The Labute approximate surface area is 140 Å². The van der Waals surface area contributed by atoms with E-state index in [1.807, 2.05) is 42.5 Å². The smallest absolute Gasteiger partial charge is 0.275 e. The SMILES string of the molecule is O=C1NC(c2ccccc2Br)=N/C1=C\c1ccc2c(c1)OCO2. The van der Waals surface area contributed by atoms with Crippen molar-refractivity contribution in [1.82, 2.24) is 5.32 Å². The van der Waals surface area contributed by atoms with Crippen LogP contribution in [0.25, 0.3) is 6.08 Å². The van der Waals surface area contributed by atoms with Crippen LogP contribution in [0, 0.1) is 0 Å². The molecule has 1 N–H and O–H groups in total. The van der Waals surface area contributed by atoms with Crippen LogP contribution in [0.3, 0.4) is 0 Å². The van der Waals surface area contributed by atoms with E-state index >= 15 is 0 Å². The van der Waals surface area contributed by atoms with Gasteiger partial charge >= 0.3 is 0 Å². The molecule has 5 nitrogen and oxygen atoms in total. The lowest BCUT2D eigenvalue weighted by molar-refractivity contribution is -0.115. The molecule has 2 aliphatic rings. The van der Waals surface area contributed by atoms with Crippen molar-refractivity contribution in [1.29, 1.82) is 0 Å². The number of halogens is 1. The van der Waals surface area contributed by atoms with E-state index in [0.29, 0.717) is 23.0 Å². The van der Waals surface area contributed by atoms with Crippen LogP contribution in [-0.2, 0) is 4.79 Å². The number of fused-ring (bicyclic) bond motifs is 1. The van der Waals surface area contributed by atoms with Crippen molar-refractivity contribution in [3.63, 3.8) is 0 Å². The predicted molar refractivity (Wildman–Crippen MR) is 89.4 cm³/mol. The first kappa shape index (κ1) is 14.0. The highest BCUT2D eigenvalue weighted by atomic mass is 79.9. The Morgan fingerprint density at radius 1 is 1.13 bits per heavy atom. The zero-order chi connectivity index (χ0) is 15.8. The minimum atomic E-state index is -0.228. The fourth-order valence-electron chi connectivity index (χ4n) is 2.41. The fourth-order valence-corrected chi connectivity index (χ4v) is 2.88. The standard InChI is InChI=1S/C17H11BrN2O3/c18-12-4-2-1-3-11(12)16-19-13(17(21)20-16)7-10-5-6-14-15(8-10)23-9-22-14/h1-8H,9H2,(H,19,20,21)/b13-7-. The molecule has 0 fully saturated rings. The number of nitrogens with zero attached hydrogens (tertiary/aromatic N) is 1. The molecule has 6 heteroatoms. The van der Waals surface area contributed by atoms with Gasteiger partial charge in [0.1, 0.15) is 11.5 Å². The van der Waals surface area contributed by atoms with E-state index in [9.17, 15) is 4.79 Å². The summed E-state index contributed by atoms with van der Waals surface area (Å²) in [6.07, 6.45) is 1.72. The van der Waals surface area contributed by atoms with Gasteiger partial charge in [0.15, 0.2) is 11.5 Å². The van der Waals surface area contributed by atoms with Crippen LogP contribution in [-0.4, -0.2) is 18.5 Å². The molecule has 0 bridgehead atoms. The molecule has 0 aliphatic carbocycles. The van der Waals surface area contributed by atoms with Crippen molar-refractivity contribution < 1.29 is 14.3 Å². The molecular formula is C17H11BrN2O3. The first-order chi connectivity index (χ1) is 11.2. The van der Waals surface area contributed by atoms with E-state index in [0.717, 1.165) is 15.6 Å². The summed E-state index contributed by atoms with van der Waals surface area (Å²) in [5.41, 5.74) is 2.03. The summed E-state index contributed by atoms with van der Waals surface area (Å²) >= 11 is 3.46. The molecule has 0 radical (unpaired) electrons. The third-order valence-electron chi connectivity index (χ3n) is 3.53. The minimum absolute atomic E-state index is 0.222. The number of aliphatic imine (C=N–C) groups is 1. The maximum Gasteiger partial charge on any atom is 0.275 e. The van der Waals surface area contributed by atoms with Crippen LogP contribution in [0.5, 0.6) is 11.5 Å². The highest BCUT2D eigenvalue weighted by Gasteiger charge is 2.22. The second kappa shape index (κ2) is 5.55. The first-order valence-corrected chi connectivity index (χ1v) is 7.76. The van der Waals surface area contributed by atoms with Gasteiger partial charge in [-0.05, 0) is 29.8 Å². The van der Waals surface area contributed by atoms with Gasteiger partial charge in [-0.2, -0.15) is 0 Å². The Morgan fingerprint density at radius 2 is 1.96 bits per heavy atom. The number of hydrogen-bond acceptors (Lipinski definition) is 4. The highest BCUT2D eigenvalue weighted by Crippen LogP contribution is 2.33. The van der Waals surface area contributed by atoms with E-state index in [1.54, 1.807) is 6.08 Å². The molecule has 0 saturated carbocycles. The number of ether oxygens (including phenoxy) is 2. The van der Waals surface area contributed by atoms with Crippen molar-refractivity contribution in [2.24, 2.45) is 4.99 Å². The Bertz CT molecular complexity index is 874. The van der Waals surface area contributed by atoms with Crippen molar-refractivity contribution in [2.75, 3.05) is 6.79 Å². The number of rotatable bonds is 2. The topological polar surface area (TPSA) is 59.9 Å². The molecule has 4 rings (SSSR count). The van der Waals surface area contributed by atoms with Gasteiger partial charge in [0.2, 0.25) is 6.79 Å². The van der Waals surface area contributed by atoms with Crippen LogP contribution in [0.4, 0.5) is 0 Å². The van der Waals surface area contributed by atoms with Gasteiger partial charge in [-0.1, -0.05) is 40.2 Å². The summed E-state index contributed by atoms with van der Waals surface area (Å²) in [5, 5.41) is 2.79. The monoisotopic (exact) mass is 370 g/mol. The average Bonchev–Trinajstić information content (AvgIpc) is 3.14. The minimum Gasteiger partial charge on any atom is -0.454 e. The number of carbonyl (C=O) groups is 1. The van der Waals surface area contributed by atoms with E-state index in [-0.39, 0.29) is 12.7 Å². The van der Waals surface area contributed by atoms with Crippen LogP contribution in [0.15, 0.2) is 57.6 Å². The Kier molecular flexibility index (Phi) is 3.38. The van der Waals surface area contributed by atoms with Gasteiger partial charge in [-0.15, -0.1) is 0 Å². The maximum atomic E-state index is 12.1. The van der Waals surface area contributed by atoms with E-state index in [4.69, 9.17) is 9.47 Å². The van der Waals surface area contributed by atoms with Crippen LogP contribution >= 0.6 is 15.9 Å². The molecule has 0 aromatic heterocycles. The second-order valence-corrected chi connectivity index (χ2v) is 5.89. The second-order valence-electron chi connectivity index (χ2n) is 5.04. The Hall–Kier alpha value is -2.60. The number of hydrogen-bond donors (Lipinski definition) is 1. The van der Waals surface area contributed by atoms with Crippen LogP contribution in [0.2, 0.25) is 0 Å². The number of amidine groups is 1. The van der Waals surface area contributed by atoms with Gasteiger partial charge in [-0.25, -0.2) is 4.99 Å². The number of carbonyl (C=O) groups excluding carboxylic acids is 1. The van der Waals surface area contributed by atoms with Crippen molar-refractivity contribution in [3.05, 3.63) is 63.8 Å². The summed E-state index contributed by atoms with van der Waals surface area (Å²) < 4.78 is 11.5. The number of benzene rings is 2. The fraction of sp³-hybridized carbons (Fsp3) is 0.0588. The molecule has 1 amide bonds. The maximum absolute atomic E-state index is 12.1. The van der Waals surface area contributed by atoms with E-state index in [1.165, 1.54) is 0 Å². The Balaban J connectivity index is 1.69. The Morgan fingerprint density at radius 3 is 2.83 bits per heavy atom.